The molecule has 1 saturated carbocycles. The smallest absolute Gasteiger partial charge is 0.217 e. The van der Waals surface area contributed by atoms with Gasteiger partial charge in [0.05, 0.1) is 0 Å². The van der Waals surface area contributed by atoms with E-state index < -0.39 is 0 Å². The van der Waals surface area contributed by atoms with Crippen molar-refractivity contribution in [2.24, 2.45) is 5.92 Å². The van der Waals surface area contributed by atoms with E-state index in [1.54, 1.807) is 18.5 Å². The third-order valence-electron chi connectivity index (χ3n) is 3.45. The van der Waals surface area contributed by atoms with Crippen molar-refractivity contribution >= 4 is 11.7 Å². The van der Waals surface area contributed by atoms with E-state index in [1.807, 2.05) is 19.9 Å². The molecule has 1 amide bonds. The fourth-order valence-corrected chi connectivity index (χ4v) is 2.53. The van der Waals surface area contributed by atoms with Crippen LogP contribution in [0.5, 0.6) is 0 Å². The van der Waals surface area contributed by atoms with Gasteiger partial charge in [-0.1, -0.05) is 13.8 Å². The third kappa shape index (κ3) is 4.76. The summed E-state index contributed by atoms with van der Waals surface area (Å²) in [6.45, 7) is 5.53. The summed E-state index contributed by atoms with van der Waals surface area (Å²) in [5.41, 5.74) is 0.695. The minimum atomic E-state index is 0.0111. The monoisotopic (exact) mass is 276 g/mol. The summed E-state index contributed by atoms with van der Waals surface area (Å²) in [6.07, 6.45) is 6.76. The maximum absolute atomic E-state index is 12.2. The summed E-state index contributed by atoms with van der Waals surface area (Å²) in [5, 5.41) is 2.92. The van der Waals surface area contributed by atoms with Crippen LogP contribution in [0.2, 0.25) is 0 Å². The highest BCUT2D eigenvalue weighted by Crippen LogP contribution is 2.27. The van der Waals surface area contributed by atoms with Crippen molar-refractivity contribution in [2.75, 3.05) is 0 Å². The van der Waals surface area contributed by atoms with Crippen LogP contribution >= 0.6 is 0 Å². The number of Topliss-reactive ketones (excluding diaryl/α,β-unsaturated/α-hetero) is 1. The van der Waals surface area contributed by atoms with E-state index in [2.05, 4.69) is 10.3 Å². The van der Waals surface area contributed by atoms with Gasteiger partial charge in [0.1, 0.15) is 0 Å². The maximum Gasteiger partial charge on any atom is 0.217 e. The number of rotatable bonds is 3. The molecule has 1 aliphatic rings. The van der Waals surface area contributed by atoms with Crippen LogP contribution in [0.25, 0.3) is 0 Å². The highest BCUT2D eigenvalue weighted by atomic mass is 16.1. The molecule has 4 heteroatoms. The number of hydrogen-bond acceptors (Lipinski definition) is 3. The molecule has 0 bridgehead atoms. The minimum absolute atomic E-state index is 0.0111. The standard InChI is InChI=1S/C14H18N2O2.C2H6/c1-10(17)16-13-6-4-11(5-7-13)14(18)12-3-2-8-15-9-12;1-2/h2-3,8-9,11,13H,4-7H2,1H3,(H,16,17);1-2H3. The van der Waals surface area contributed by atoms with Gasteiger partial charge in [-0.15, -0.1) is 0 Å². The van der Waals surface area contributed by atoms with Crippen LogP contribution in [0, 0.1) is 5.92 Å². The Morgan fingerprint density at radius 2 is 1.85 bits per heavy atom. The summed E-state index contributed by atoms with van der Waals surface area (Å²) in [4.78, 5) is 27.1. The Morgan fingerprint density at radius 1 is 1.20 bits per heavy atom. The normalized spacial score (nSPS) is 21.4. The second kappa shape index (κ2) is 8.46. The van der Waals surface area contributed by atoms with E-state index >= 15 is 0 Å². The average molecular weight is 276 g/mol. The lowest BCUT2D eigenvalue weighted by Gasteiger charge is -2.27. The molecule has 0 aliphatic heterocycles. The Hall–Kier alpha value is -1.71. The Morgan fingerprint density at radius 3 is 2.35 bits per heavy atom. The largest absolute Gasteiger partial charge is 0.354 e. The average Bonchev–Trinajstić information content (AvgIpc) is 2.50. The minimum Gasteiger partial charge on any atom is -0.354 e. The number of ketones is 1. The second-order valence-corrected chi connectivity index (χ2v) is 4.86. The van der Waals surface area contributed by atoms with Crippen LogP contribution < -0.4 is 5.32 Å². The number of nitrogens with one attached hydrogen (secondary N) is 1. The second-order valence-electron chi connectivity index (χ2n) is 4.86. The zero-order valence-corrected chi connectivity index (χ0v) is 12.6. The number of pyridine rings is 1. The third-order valence-corrected chi connectivity index (χ3v) is 3.45. The van der Waals surface area contributed by atoms with Crippen LogP contribution in [-0.2, 0) is 4.79 Å². The van der Waals surface area contributed by atoms with E-state index in [1.165, 1.54) is 6.92 Å². The molecule has 1 N–H and O–H groups in total. The fraction of sp³-hybridized carbons (Fsp3) is 0.562. The highest BCUT2D eigenvalue weighted by Gasteiger charge is 2.27. The van der Waals surface area contributed by atoms with Crippen molar-refractivity contribution < 1.29 is 9.59 Å². The van der Waals surface area contributed by atoms with Gasteiger partial charge in [0, 0.05) is 36.8 Å². The molecular formula is C16H24N2O2. The molecular weight excluding hydrogens is 252 g/mol. The molecule has 4 nitrogen and oxygen atoms in total. The predicted molar refractivity (Wildman–Crippen MR) is 79.5 cm³/mol. The molecule has 1 fully saturated rings. The van der Waals surface area contributed by atoms with E-state index in [4.69, 9.17) is 0 Å². The number of carbonyl (C=O) groups excluding carboxylic acids is 2. The molecule has 0 aromatic carbocycles. The van der Waals surface area contributed by atoms with Crippen molar-refractivity contribution in [1.82, 2.24) is 10.3 Å². The number of amides is 1. The SMILES string of the molecule is CC.CC(=O)NC1CCC(C(=O)c2cccnc2)CC1. The molecule has 0 radical (unpaired) electrons. The lowest BCUT2D eigenvalue weighted by molar-refractivity contribution is -0.119. The Kier molecular flexibility index (Phi) is 6.91. The van der Waals surface area contributed by atoms with Crippen LogP contribution in [0.1, 0.15) is 56.8 Å². The van der Waals surface area contributed by atoms with Gasteiger partial charge >= 0.3 is 0 Å². The number of hydrogen-bond donors (Lipinski definition) is 1. The molecule has 1 heterocycles. The van der Waals surface area contributed by atoms with E-state index in [0.29, 0.717) is 5.56 Å². The first kappa shape index (κ1) is 16.3. The fourth-order valence-electron chi connectivity index (χ4n) is 2.53. The van der Waals surface area contributed by atoms with Gasteiger partial charge in [0.15, 0.2) is 5.78 Å². The van der Waals surface area contributed by atoms with Gasteiger partial charge < -0.3 is 5.32 Å². The van der Waals surface area contributed by atoms with Crippen LogP contribution in [-0.4, -0.2) is 22.7 Å². The van der Waals surface area contributed by atoms with Gasteiger partial charge in [0.2, 0.25) is 5.91 Å². The zero-order valence-electron chi connectivity index (χ0n) is 12.6. The van der Waals surface area contributed by atoms with Gasteiger partial charge in [-0.25, -0.2) is 0 Å². The van der Waals surface area contributed by atoms with Crippen LogP contribution in [0.15, 0.2) is 24.5 Å². The molecule has 1 aromatic rings. The van der Waals surface area contributed by atoms with Crippen molar-refractivity contribution in [1.29, 1.82) is 0 Å². The molecule has 1 aromatic heterocycles. The first-order valence-electron chi connectivity index (χ1n) is 7.38. The Labute approximate surface area is 121 Å². The van der Waals surface area contributed by atoms with Gasteiger partial charge in [-0.2, -0.15) is 0 Å². The van der Waals surface area contributed by atoms with E-state index in [9.17, 15) is 9.59 Å². The summed E-state index contributed by atoms with van der Waals surface area (Å²) in [5.74, 6) is 0.278. The molecule has 0 saturated heterocycles. The van der Waals surface area contributed by atoms with Crippen LogP contribution in [0.3, 0.4) is 0 Å². The van der Waals surface area contributed by atoms with Crippen molar-refractivity contribution in [3.8, 4) is 0 Å². The lowest BCUT2D eigenvalue weighted by atomic mass is 9.82. The first-order valence-corrected chi connectivity index (χ1v) is 7.38. The summed E-state index contributed by atoms with van der Waals surface area (Å²) < 4.78 is 0. The highest BCUT2D eigenvalue weighted by molar-refractivity contribution is 5.97. The van der Waals surface area contributed by atoms with Gasteiger partial charge in [-0.05, 0) is 37.8 Å². The first-order chi connectivity index (χ1) is 9.66. The van der Waals surface area contributed by atoms with Crippen molar-refractivity contribution in [2.45, 2.75) is 52.5 Å². The molecule has 1 aliphatic carbocycles. The number of carbonyl (C=O) groups is 2. The van der Waals surface area contributed by atoms with Crippen molar-refractivity contribution in [3.05, 3.63) is 30.1 Å². The number of nitrogens with zero attached hydrogens (tertiary/aromatic N) is 1. The molecule has 0 spiro atoms. The summed E-state index contributed by atoms with van der Waals surface area (Å²) in [6, 6.07) is 3.84. The summed E-state index contributed by atoms with van der Waals surface area (Å²) >= 11 is 0. The summed E-state index contributed by atoms with van der Waals surface area (Å²) in [7, 11) is 0. The molecule has 0 atom stereocenters. The van der Waals surface area contributed by atoms with E-state index in [-0.39, 0.29) is 23.7 Å². The maximum atomic E-state index is 12.2. The quantitative estimate of drug-likeness (QED) is 0.863. The molecule has 20 heavy (non-hydrogen) atoms. The van der Waals surface area contributed by atoms with Gasteiger partial charge in [0.25, 0.3) is 0 Å². The zero-order chi connectivity index (χ0) is 15.0. The van der Waals surface area contributed by atoms with Crippen molar-refractivity contribution in [3.63, 3.8) is 0 Å². The molecule has 2 rings (SSSR count). The Balaban J connectivity index is 0.000000956. The van der Waals surface area contributed by atoms with Crippen LogP contribution in [0.4, 0.5) is 0 Å². The Bertz CT molecular complexity index is 423. The predicted octanol–water partition coefficient (Wildman–Crippen LogP) is 2.99. The van der Waals surface area contributed by atoms with Gasteiger partial charge in [-0.3, -0.25) is 14.6 Å². The lowest BCUT2D eigenvalue weighted by Crippen LogP contribution is -2.37. The van der Waals surface area contributed by atoms with E-state index in [0.717, 1.165) is 25.7 Å². The number of aromatic nitrogens is 1. The molecule has 0 unspecified atom stereocenters. The molecule has 110 valence electrons. The topological polar surface area (TPSA) is 59.1 Å².